The number of nitrogens with zero attached hydrogens (tertiary/aromatic N) is 1. The van der Waals surface area contributed by atoms with Gasteiger partial charge in [0, 0.05) is 6.54 Å². The summed E-state index contributed by atoms with van der Waals surface area (Å²) in [5.41, 5.74) is 0. The standard InChI is InChI=1S/C7H10N2O5S2/c1-4-8-3-6(15-4)16(13,14)9-2-5(10)7(11)12/h3,5,9-10H,2H2,1H3,(H,11,12). The first-order valence-electron chi connectivity index (χ1n) is 4.16. The molecule has 1 heterocycles. The number of sulfonamides is 1. The third-order valence-corrected chi connectivity index (χ3v) is 4.41. The maximum absolute atomic E-state index is 11.5. The number of aryl methyl sites for hydroxylation is 1. The molecule has 7 nitrogen and oxygen atoms in total. The molecule has 9 heteroatoms. The highest BCUT2D eigenvalue weighted by atomic mass is 32.2. The molecule has 0 saturated carbocycles. The molecule has 1 aromatic heterocycles. The molecule has 0 aliphatic heterocycles. The quantitative estimate of drug-likeness (QED) is 0.641. The Kier molecular flexibility index (Phi) is 3.97. The largest absolute Gasteiger partial charge is 0.479 e. The molecule has 1 atom stereocenters. The highest BCUT2D eigenvalue weighted by molar-refractivity contribution is 7.91. The smallest absolute Gasteiger partial charge is 0.333 e. The lowest BCUT2D eigenvalue weighted by Crippen LogP contribution is -2.36. The second-order valence-corrected chi connectivity index (χ2v) is 6.13. The van der Waals surface area contributed by atoms with E-state index in [0.717, 1.165) is 11.3 Å². The van der Waals surface area contributed by atoms with E-state index < -0.39 is 28.6 Å². The van der Waals surface area contributed by atoms with Gasteiger partial charge in [0.15, 0.2) is 10.3 Å². The molecule has 0 saturated heterocycles. The molecule has 0 amide bonds. The molecule has 0 aliphatic carbocycles. The summed E-state index contributed by atoms with van der Waals surface area (Å²) in [6.45, 7) is 1.07. The van der Waals surface area contributed by atoms with Crippen LogP contribution in [0.2, 0.25) is 0 Å². The number of rotatable bonds is 5. The maximum atomic E-state index is 11.5. The van der Waals surface area contributed by atoms with Gasteiger partial charge in [-0.3, -0.25) is 0 Å². The van der Waals surface area contributed by atoms with Gasteiger partial charge in [-0.1, -0.05) is 0 Å². The highest BCUT2D eigenvalue weighted by Gasteiger charge is 2.20. The molecule has 0 spiro atoms. The SMILES string of the molecule is Cc1ncc(S(=O)(=O)NCC(O)C(=O)O)s1. The Labute approximate surface area is 95.8 Å². The topological polar surface area (TPSA) is 117 Å². The Morgan fingerprint density at radius 1 is 1.69 bits per heavy atom. The van der Waals surface area contributed by atoms with Crippen LogP contribution in [0, 0.1) is 6.92 Å². The minimum absolute atomic E-state index is 0.0115. The number of hydrogen-bond acceptors (Lipinski definition) is 6. The van der Waals surface area contributed by atoms with Crippen LogP contribution in [-0.2, 0) is 14.8 Å². The van der Waals surface area contributed by atoms with E-state index in [9.17, 15) is 13.2 Å². The van der Waals surface area contributed by atoms with Crippen LogP contribution in [0.25, 0.3) is 0 Å². The van der Waals surface area contributed by atoms with Crippen molar-refractivity contribution in [2.45, 2.75) is 17.2 Å². The van der Waals surface area contributed by atoms with Crippen LogP contribution in [-0.4, -0.2) is 42.2 Å². The van der Waals surface area contributed by atoms with Crippen molar-refractivity contribution in [2.24, 2.45) is 0 Å². The van der Waals surface area contributed by atoms with Gasteiger partial charge in [-0.05, 0) is 6.92 Å². The van der Waals surface area contributed by atoms with Crippen LogP contribution in [0.4, 0.5) is 0 Å². The first-order valence-corrected chi connectivity index (χ1v) is 6.46. The van der Waals surface area contributed by atoms with Crippen molar-refractivity contribution in [2.75, 3.05) is 6.54 Å². The van der Waals surface area contributed by atoms with Gasteiger partial charge in [0.2, 0.25) is 0 Å². The van der Waals surface area contributed by atoms with Gasteiger partial charge in [-0.25, -0.2) is 22.9 Å². The van der Waals surface area contributed by atoms with Crippen LogP contribution in [0.15, 0.2) is 10.4 Å². The van der Waals surface area contributed by atoms with E-state index in [1.807, 2.05) is 4.72 Å². The van der Waals surface area contributed by atoms with Crippen LogP contribution < -0.4 is 4.72 Å². The highest BCUT2D eigenvalue weighted by Crippen LogP contribution is 2.17. The summed E-state index contributed by atoms with van der Waals surface area (Å²) in [4.78, 5) is 14.0. The summed E-state index contributed by atoms with van der Waals surface area (Å²) in [5, 5.41) is 17.8. The Bertz CT molecular complexity index is 481. The van der Waals surface area contributed by atoms with Gasteiger partial charge >= 0.3 is 5.97 Å². The molecule has 1 aromatic rings. The van der Waals surface area contributed by atoms with Crippen LogP contribution in [0.5, 0.6) is 0 Å². The van der Waals surface area contributed by atoms with Gasteiger partial charge in [0.1, 0.15) is 0 Å². The summed E-state index contributed by atoms with van der Waals surface area (Å²) < 4.78 is 25.0. The Morgan fingerprint density at radius 2 is 2.31 bits per heavy atom. The Hall–Kier alpha value is -1.03. The van der Waals surface area contributed by atoms with E-state index in [4.69, 9.17) is 10.2 Å². The van der Waals surface area contributed by atoms with Crippen molar-refractivity contribution in [3.63, 3.8) is 0 Å². The zero-order valence-corrected chi connectivity index (χ0v) is 9.88. The monoisotopic (exact) mass is 266 g/mol. The number of aliphatic hydroxyl groups excluding tert-OH is 1. The number of carbonyl (C=O) groups is 1. The summed E-state index contributed by atoms with van der Waals surface area (Å²) in [6, 6.07) is 0. The minimum atomic E-state index is -3.79. The van der Waals surface area contributed by atoms with Crippen LogP contribution in [0.1, 0.15) is 5.01 Å². The zero-order chi connectivity index (χ0) is 12.3. The van der Waals surface area contributed by atoms with Gasteiger partial charge in [-0.15, -0.1) is 11.3 Å². The van der Waals surface area contributed by atoms with Crippen molar-refractivity contribution < 1.29 is 23.4 Å². The van der Waals surface area contributed by atoms with Crippen molar-refractivity contribution in [3.8, 4) is 0 Å². The fourth-order valence-corrected chi connectivity index (χ4v) is 3.00. The summed E-state index contributed by atoms with van der Waals surface area (Å²) in [5.74, 6) is -1.48. The molecular weight excluding hydrogens is 256 g/mol. The third-order valence-electron chi connectivity index (χ3n) is 1.62. The fraction of sp³-hybridized carbons (Fsp3) is 0.429. The molecule has 1 rings (SSSR count). The van der Waals surface area contributed by atoms with Gasteiger partial charge in [0.05, 0.1) is 11.2 Å². The maximum Gasteiger partial charge on any atom is 0.333 e. The van der Waals surface area contributed by atoms with E-state index in [2.05, 4.69) is 4.98 Å². The lowest BCUT2D eigenvalue weighted by molar-refractivity contribution is -0.146. The number of carboxylic acid groups (broad SMARTS) is 1. The van der Waals surface area contributed by atoms with Gasteiger partial charge in [-0.2, -0.15) is 0 Å². The Morgan fingerprint density at radius 3 is 2.75 bits per heavy atom. The summed E-state index contributed by atoms with van der Waals surface area (Å²) in [7, 11) is -3.79. The van der Waals surface area contributed by atoms with Gasteiger partial charge in [0.25, 0.3) is 10.0 Å². The number of aliphatic hydroxyl groups is 1. The Balaban J connectivity index is 2.70. The molecule has 16 heavy (non-hydrogen) atoms. The fourth-order valence-electron chi connectivity index (χ4n) is 0.813. The normalized spacial score (nSPS) is 13.6. The molecule has 0 fully saturated rings. The van der Waals surface area contributed by atoms with Crippen molar-refractivity contribution >= 4 is 27.3 Å². The number of hydrogen-bond donors (Lipinski definition) is 3. The minimum Gasteiger partial charge on any atom is -0.479 e. The number of aliphatic carboxylic acids is 1. The zero-order valence-electron chi connectivity index (χ0n) is 8.24. The molecule has 90 valence electrons. The number of nitrogens with one attached hydrogen (secondary N) is 1. The number of aromatic nitrogens is 1. The van der Waals surface area contributed by atoms with E-state index >= 15 is 0 Å². The van der Waals surface area contributed by atoms with E-state index in [1.165, 1.54) is 6.20 Å². The van der Waals surface area contributed by atoms with Crippen LogP contribution in [0.3, 0.4) is 0 Å². The second kappa shape index (κ2) is 4.87. The van der Waals surface area contributed by atoms with Crippen molar-refractivity contribution in [1.82, 2.24) is 9.71 Å². The first kappa shape index (κ1) is 13.0. The molecule has 0 aromatic carbocycles. The lowest BCUT2D eigenvalue weighted by atomic mass is 10.4. The molecule has 3 N–H and O–H groups in total. The molecular formula is C7H10N2O5S2. The number of carboxylic acids is 1. The molecule has 0 aliphatic rings. The molecule has 0 bridgehead atoms. The second-order valence-electron chi connectivity index (χ2n) is 2.90. The molecule has 1 unspecified atom stereocenters. The lowest BCUT2D eigenvalue weighted by Gasteiger charge is -2.06. The van der Waals surface area contributed by atoms with Crippen molar-refractivity contribution in [3.05, 3.63) is 11.2 Å². The molecule has 0 radical (unpaired) electrons. The van der Waals surface area contributed by atoms with E-state index in [-0.39, 0.29) is 4.21 Å². The number of thiazole rings is 1. The average Bonchev–Trinajstić information content (AvgIpc) is 2.61. The third kappa shape index (κ3) is 3.23. The predicted molar refractivity (Wildman–Crippen MR) is 55.7 cm³/mol. The van der Waals surface area contributed by atoms with Gasteiger partial charge < -0.3 is 10.2 Å². The van der Waals surface area contributed by atoms with Crippen LogP contribution >= 0.6 is 11.3 Å². The van der Waals surface area contributed by atoms with Crippen molar-refractivity contribution in [1.29, 1.82) is 0 Å². The summed E-state index contributed by atoms with van der Waals surface area (Å²) >= 11 is 0.964. The van der Waals surface area contributed by atoms with E-state index in [0.29, 0.717) is 5.01 Å². The predicted octanol–water partition coefficient (Wildman–Crippen LogP) is -0.825. The first-order chi connectivity index (χ1) is 7.33. The van der Waals surface area contributed by atoms with E-state index in [1.54, 1.807) is 6.92 Å². The summed E-state index contributed by atoms with van der Waals surface area (Å²) in [6.07, 6.45) is -0.584. The average molecular weight is 266 g/mol.